The molecule has 0 radical (unpaired) electrons. The first-order chi connectivity index (χ1) is 12.7. The zero-order valence-corrected chi connectivity index (χ0v) is 14.8. The molecule has 3 atom stereocenters. The molecule has 0 aromatic heterocycles. The van der Waals surface area contributed by atoms with E-state index in [0.717, 1.165) is 56.5 Å². The van der Waals surface area contributed by atoms with E-state index >= 15 is 0 Å². The summed E-state index contributed by atoms with van der Waals surface area (Å²) in [6, 6.07) is 17.1. The Labute approximate surface area is 154 Å². The number of hydrogen-bond acceptors (Lipinski definition) is 4. The molecule has 1 unspecified atom stereocenters. The maximum Gasteiger partial charge on any atom is 0.119 e. The van der Waals surface area contributed by atoms with Gasteiger partial charge >= 0.3 is 0 Å². The molecule has 4 heteroatoms. The number of rotatable bonds is 5. The molecule has 1 saturated carbocycles. The molecular formula is C22H24N2O2. The molecule has 1 saturated heterocycles. The summed E-state index contributed by atoms with van der Waals surface area (Å²) in [6.45, 7) is 3.41. The van der Waals surface area contributed by atoms with Crippen LogP contribution in [0.25, 0.3) is 0 Å². The molecular weight excluding hydrogens is 324 g/mol. The molecule has 134 valence electrons. The van der Waals surface area contributed by atoms with Gasteiger partial charge in [-0.05, 0) is 73.1 Å². The summed E-state index contributed by atoms with van der Waals surface area (Å²) in [5, 5.41) is 18.2. The van der Waals surface area contributed by atoms with Gasteiger partial charge in [-0.1, -0.05) is 12.1 Å². The van der Waals surface area contributed by atoms with Crippen molar-refractivity contribution in [3.63, 3.8) is 0 Å². The van der Waals surface area contributed by atoms with Gasteiger partial charge in [-0.3, -0.25) is 0 Å². The summed E-state index contributed by atoms with van der Waals surface area (Å²) in [7, 11) is 0. The second-order valence-electron chi connectivity index (χ2n) is 7.54. The van der Waals surface area contributed by atoms with E-state index < -0.39 is 0 Å². The number of benzene rings is 2. The van der Waals surface area contributed by atoms with E-state index in [0.29, 0.717) is 17.4 Å². The summed E-state index contributed by atoms with van der Waals surface area (Å²) in [5.74, 6) is 2.67. The van der Waals surface area contributed by atoms with E-state index in [9.17, 15) is 5.11 Å². The lowest BCUT2D eigenvalue weighted by Gasteiger charge is -2.20. The van der Waals surface area contributed by atoms with Crippen LogP contribution in [-0.2, 0) is 6.42 Å². The van der Waals surface area contributed by atoms with Crippen LogP contribution in [-0.4, -0.2) is 35.7 Å². The van der Waals surface area contributed by atoms with Gasteiger partial charge < -0.3 is 14.7 Å². The zero-order valence-electron chi connectivity index (χ0n) is 14.8. The Kier molecular flexibility index (Phi) is 4.81. The van der Waals surface area contributed by atoms with Crippen molar-refractivity contribution in [2.45, 2.75) is 25.4 Å². The summed E-state index contributed by atoms with van der Waals surface area (Å²) < 4.78 is 6.14. The van der Waals surface area contributed by atoms with Crippen LogP contribution in [0.1, 0.15) is 24.0 Å². The standard InChI is InChI=1S/C22H24N2O2/c23-13-17-3-7-21(8-4-17)26-22-11-18-14-24(15-19(18)12-22)10-9-16-1-5-20(25)6-2-16/h1-8,18-19,22,25H,9-12,14-15H2/t18-,19+,22?. The molecule has 1 N–H and O–H groups in total. The summed E-state index contributed by atoms with van der Waals surface area (Å²) in [5.41, 5.74) is 1.95. The lowest BCUT2D eigenvalue weighted by molar-refractivity contribution is 0.186. The summed E-state index contributed by atoms with van der Waals surface area (Å²) >= 11 is 0. The number of nitrogens with zero attached hydrogens (tertiary/aromatic N) is 2. The van der Waals surface area contributed by atoms with Gasteiger partial charge in [0.2, 0.25) is 0 Å². The highest BCUT2D eigenvalue weighted by Crippen LogP contribution is 2.39. The molecule has 2 aromatic rings. The van der Waals surface area contributed by atoms with Crippen molar-refractivity contribution in [1.82, 2.24) is 4.90 Å². The lowest BCUT2D eigenvalue weighted by Crippen LogP contribution is -2.26. The van der Waals surface area contributed by atoms with Crippen LogP contribution in [0.2, 0.25) is 0 Å². The molecule has 1 aliphatic heterocycles. The molecule has 2 aromatic carbocycles. The number of nitriles is 1. The molecule has 0 bridgehead atoms. The third-order valence-corrected chi connectivity index (χ3v) is 5.72. The summed E-state index contributed by atoms with van der Waals surface area (Å²) in [4.78, 5) is 2.57. The van der Waals surface area contributed by atoms with Crippen molar-refractivity contribution in [2.75, 3.05) is 19.6 Å². The molecule has 1 aliphatic carbocycles. The van der Waals surface area contributed by atoms with Crippen molar-refractivity contribution in [1.29, 1.82) is 5.26 Å². The largest absolute Gasteiger partial charge is 0.508 e. The van der Waals surface area contributed by atoms with Gasteiger partial charge in [0, 0.05) is 19.6 Å². The van der Waals surface area contributed by atoms with Crippen molar-refractivity contribution in [2.24, 2.45) is 11.8 Å². The van der Waals surface area contributed by atoms with Crippen LogP contribution in [0.4, 0.5) is 0 Å². The quantitative estimate of drug-likeness (QED) is 0.897. The van der Waals surface area contributed by atoms with E-state index in [1.54, 1.807) is 12.1 Å². The number of hydrogen-bond donors (Lipinski definition) is 1. The number of ether oxygens (including phenoxy) is 1. The lowest BCUT2D eigenvalue weighted by atomic mass is 10.0. The highest BCUT2D eigenvalue weighted by Gasteiger charge is 2.41. The fourth-order valence-electron chi connectivity index (χ4n) is 4.37. The van der Waals surface area contributed by atoms with Crippen LogP contribution >= 0.6 is 0 Å². The van der Waals surface area contributed by atoms with Crippen LogP contribution < -0.4 is 4.74 Å². The van der Waals surface area contributed by atoms with Crippen molar-refractivity contribution < 1.29 is 9.84 Å². The van der Waals surface area contributed by atoms with Crippen molar-refractivity contribution in [3.05, 3.63) is 59.7 Å². The Morgan fingerprint density at radius 2 is 1.65 bits per heavy atom. The highest BCUT2D eigenvalue weighted by molar-refractivity contribution is 5.34. The molecule has 1 heterocycles. The van der Waals surface area contributed by atoms with E-state index in [-0.39, 0.29) is 0 Å². The minimum Gasteiger partial charge on any atom is -0.508 e. The van der Waals surface area contributed by atoms with E-state index in [1.165, 1.54) is 5.56 Å². The fraction of sp³-hybridized carbons (Fsp3) is 0.409. The molecule has 4 rings (SSSR count). The van der Waals surface area contributed by atoms with Gasteiger partial charge in [0.05, 0.1) is 17.7 Å². The van der Waals surface area contributed by atoms with Gasteiger partial charge in [0.1, 0.15) is 11.5 Å². The molecule has 2 fully saturated rings. The fourth-order valence-corrected chi connectivity index (χ4v) is 4.37. The van der Waals surface area contributed by atoms with Crippen molar-refractivity contribution >= 4 is 0 Å². The van der Waals surface area contributed by atoms with Crippen LogP contribution in [0.15, 0.2) is 48.5 Å². The number of aromatic hydroxyl groups is 1. The normalized spacial score (nSPS) is 25.0. The Morgan fingerprint density at radius 3 is 2.27 bits per heavy atom. The Bertz CT molecular complexity index is 765. The van der Waals surface area contributed by atoms with Gasteiger partial charge in [-0.2, -0.15) is 5.26 Å². The van der Waals surface area contributed by atoms with E-state index in [1.807, 2.05) is 36.4 Å². The van der Waals surface area contributed by atoms with Crippen LogP contribution in [0.5, 0.6) is 11.5 Å². The predicted molar refractivity (Wildman–Crippen MR) is 100 cm³/mol. The predicted octanol–water partition coefficient (Wildman–Crippen LogP) is 3.60. The third-order valence-electron chi connectivity index (χ3n) is 5.72. The second kappa shape index (κ2) is 7.39. The average molecular weight is 348 g/mol. The number of phenolic OH excluding ortho intramolecular Hbond substituents is 1. The SMILES string of the molecule is N#Cc1ccc(OC2C[C@@H]3CN(CCc4ccc(O)cc4)C[C@@H]3C2)cc1. The monoisotopic (exact) mass is 348 g/mol. The average Bonchev–Trinajstić information content (AvgIpc) is 3.20. The summed E-state index contributed by atoms with van der Waals surface area (Å²) in [6.07, 6.45) is 3.59. The highest BCUT2D eigenvalue weighted by atomic mass is 16.5. The number of fused-ring (bicyclic) bond motifs is 1. The van der Waals surface area contributed by atoms with Crippen molar-refractivity contribution in [3.8, 4) is 17.6 Å². The molecule has 4 nitrogen and oxygen atoms in total. The topological polar surface area (TPSA) is 56.5 Å². The van der Waals surface area contributed by atoms with Gasteiger partial charge in [-0.25, -0.2) is 0 Å². The maximum atomic E-state index is 9.37. The van der Waals surface area contributed by atoms with E-state index in [2.05, 4.69) is 11.0 Å². The smallest absolute Gasteiger partial charge is 0.119 e. The van der Waals surface area contributed by atoms with Gasteiger partial charge in [0.25, 0.3) is 0 Å². The minimum atomic E-state index is 0.303. The first-order valence-corrected chi connectivity index (χ1v) is 9.36. The first kappa shape index (κ1) is 16.9. The van der Waals surface area contributed by atoms with Crippen LogP contribution in [0.3, 0.4) is 0 Å². The third kappa shape index (κ3) is 3.84. The minimum absolute atomic E-state index is 0.303. The zero-order chi connectivity index (χ0) is 17.9. The number of phenols is 1. The van der Waals surface area contributed by atoms with Gasteiger partial charge in [-0.15, -0.1) is 0 Å². The van der Waals surface area contributed by atoms with Gasteiger partial charge in [0.15, 0.2) is 0 Å². The molecule has 0 amide bonds. The molecule has 0 spiro atoms. The first-order valence-electron chi connectivity index (χ1n) is 9.36. The number of likely N-dealkylation sites (tertiary alicyclic amines) is 1. The van der Waals surface area contributed by atoms with E-state index in [4.69, 9.17) is 10.00 Å². The molecule has 26 heavy (non-hydrogen) atoms. The Hall–Kier alpha value is -2.51. The van der Waals surface area contributed by atoms with Crippen LogP contribution in [0, 0.1) is 23.2 Å². The Morgan fingerprint density at radius 1 is 1.00 bits per heavy atom. The molecule has 2 aliphatic rings. The second-order valence-corrected chi connectivity index (χ2v) is 7.54. The maximum absolute atomic E-state index is 9.37. The Balaban J connectivity index is 1.24.